The molecule has 2 amide bonds. The third-order valence-corrected chi connectivity index (χ3v) is 4.28. The monoisotopic (exact) mass is 342 g/mol. The van der Waals surface area contributed by atoms with Crippen LogP contribution in [0.15, 0.2) is 48.5 Å². The van der Waals surface area contributed by atoms with Crippen LogP contribution in [0.5, 0.6) is 5.75 Å². The van der Waals surface area contributed by atoms with Crippen molar-refractivity contribution < 1.29 is 18.7 Å². The van der Waals surface area contributed by atoms with Gasteiger partial charge in [0.25, 0.3) is 11.8 Å². The summed E-state index contributed by atoms with van der Waals surface area (Å²) in [4.78, 5) is 28.3. The quantitative estimate of drug-likeness (QED) is 0.861. The molecule has 6 heteroatoms. The van der Waals surface area contributed by atoms with Crippen LogP contribution in [0.2, 0.25) is 0 Å². The van der Waals surface area contributed by atoms with Crippen molar-refractivity contribution in [1.82, 2.24) is 9.80 Å². The fraction of sp³-hybridized carbons (Fsp3) is 0.263. The predicted octanol–water partition coefficient (Wildman–Crippen LogP) is 2.43. The first-order chi connectivity index (χ1) is 12.1. The molecule has 0 bridgehead atoms. The van der Waals surface area contributed by atoms with Gasteiger partial charge in [0, 0.05) is 31.7 Å². The first-order valence-electron chi connectivity index (χ1n) is 8.07. The van der Waals surface area contributed by atoms with Crippen LogP contribution in [0, 0.1) is 5.82 Å². The minimum atomic E-state index is -0.526. The van der Waals surface area contributed by atoms with Crippen LogP contribution in [0.4, 0.5) is 4.39 Å². The first-order valence-corrected chi connectivity index (χ1v) is 8.07. The fourth-order valence-corrected chi connectivity index (χ4v) is 2.86. The van der Waals surface area contributed by atoms with Crippen LogP contribution in [-0.4, -0.2) is 54.9 Å². The SMILES string of the molecule is COc1cccc(C(=O)N2CCN(C(=O)c3ccccc3F)CC2)c1. The summed E-state index contributed by atoms with van der Waals surface area (Å²) in [6.07, 6.45) is 0. The molecule has 0 unspecified atom stereocenters. The van der Waals surface area contributed by atoms with Gasteiger partial charge in [-0.1, -0.05) is 18.2 Å². The smallest absolute Gasteiger partial charge is 0.256 e. The number of hydrogen-bond donors (Lipinski definition) is 0. The molecule has 130 valence electrons. The second-order valence-corrected chi connectivity index (χ2v) is 5.80. The van der Waals surface area contributed by atoms with E-state index in [1.165, 1.54) is 12.1 Å². The maximum absolute atomic E-state index is 13.8. The molecule has 0 N–H and O–H groups in total. The largest absolute Gasteiger partial charge is 0.497 e. The van der Waals surface area contributed by atoms with Crippen LogP contribution in [-0.2, 0) is 0 Å². The highest BCUT2D eigenvalue weighted by Crippen LogP contribution is 2.17. The fourth-order valence-electron chi connectivity index (χ4n) is 2.86. The normalized spacial score (nSPS) is 14.3. The number of ether oxygens (including phenoxy) is 1. The van der Waals surface area contributed by atoms with E-state index in [9.17, 15) is 14.0 Å². The Labute approximate surface area is 145 Å². The molecule has 0 spiro atoms. The van der Waals surface area contributed by atoms with Gasteiger partial charge in [-0.15, -0.1) is 0 Å². The maximum atomic E-state index is 13.8. The second-order valence-electron chi connectivity index (χ2n) is 5.80. The van der Waals surface area contributed by atoms with Crippen LogP contribution < -0.4 is 4.74 Å². The molecule has 0 aliphatic carbocycles. The van der Waals surface area contributed by atoms with Crippen molar-refractivity contribution in [2.24, 2.45) is 0 Å². The van der Waals surface area contributed by atoms with Crippen molar-refractivity contribution in [1.29, 1.82) is 0 Å². The lowest BCUT2D eigenvalue weighted by molar-refractivity contribution is 0.0532. The van der Waals surface area contributed by atoms with Crippen molar-refractivity contribution in [2.45, 2.75) is 0 Å². The molecule has 1 heterocycles. The molecule has 1 aliphatic rings. The van der Waals surface area contributed by atoms with Gasteiger partial charge in [-0.25, -0.2) is 4.39 Å². The molecule has 1 saturated heterocycles. The summed E-state index contributed by atoms with van der Waals surface area (Å²) >= 11 is 0. The molecule has 25 heavy (non-hydrogen) atoms. The van der Waals surface area contributed by atoms with E-state index < -0.39 is 5.82 Å². The van der Waals surface area contributed by atoms with Crippen molar-refractivity contribution in [3.8, 4) is 5.75 Å². The topological polar surface area (TPSA) is 49.9 Å². The van der Waals surface area contributed by atoms with Gasteiger partial charge in [0.05, 0.1) is 12.7 Å². The minimum Gasteiger partial charge on any atom is -0.497 e. The Morgan fingerprint density at radius 3 is 2.20 bits per heavy atom. The number of piperazine rings is 1. The van der Waals surface area contributed by atoms with Crippen LogP contribution in [0.25, 0.3) is 0 Å². The Morgan fingerprint density at radius 1 is 0.920 bits per heavy atom. The summed E-state index contributed by atoms with van der Waals surface area (Å²) in [7, 11) is 1.55. The molecule has 0 atom stereocenters. The molecular formula is C19H19FN2O3. The van der Waals surface area contributed by atoms with Crippen LogP contribution >= 0.6 is 0 Å². The molecule has 1 aliphatic heterocycles. The Morgan fingerprint density at radius 2 is 1.56 bits per heavy atom. The van der Waals surface area contributed by atoms with Crippen molar-refractivity contribution in [3.63, 3.8) is 0 Å². The predicted molar refractivity (Wildman–Crippen MR) is 91.2 cm³/mol. The number of hydrogen-bond acceptors (Lipinski definition) is 3. The number of halogens is 1. The summed E-state index contributed by atoms with van der Waals surface area (Å²) in [6, 6.07) is 12.9. The summed E-state index contributed by atoms with van der Waals surface area (Å²) < 4.78 is 18.9. The summed E-state index contributed by atoms with van der Waals surface area (Å²) in [5.41, 5.74) is 0.614. The first kappa shape index (κ1) is 17.0. The molecule has 2 aromatic carbocycles. The van der Waals surface area contributed by atoms with E-state index in [1.807, 2.05) is 0 Å². The van der Waals surface area contributed by atoms with E-state index in [1.54, 1.807) is 53.3 Å². The summed E-state index contributed by atoms with van der Waals surface area (Å²) in [5, 5.41) is 0. The van der Waals surface area contributed by atoms with Gasteiger partial charge in [-0.05, 0) is 30.3 Å². The number of carbonyl (C=O) groups excluding carboxylic acids is 2. The molecule has 0 aromatic heterocycles. The number of amides is 2. The van der Waals surface area contributed by atoms with Gasteiger partial charge in [0.2, 0.25) is 0 Å². The number of carbonyl (C=O) groups is 2. The molecule has 0 saturated carbocycles. The van der Waals surface area contributed by atoms with Crippen LogP contribution in [0.3, 0.4) is 0 Å². The van der Waals surface area contributed by atoms with E-state index in [4.69, 9.17) is 4.74 Å². The second kappa shape index (κ2) is 7.34. The molecule has 0 radical (unpaired) electrons. The highest BCUT2D eigenvalue weighted by atomic mass is 19.1. The Bertz CT molecular complexity index is 786. The third kappa shape index (κ3) is 3.63. The molecule has 3 rings (SSSR count). The molecule has 1 fully saturated rings. The highest BCUT2D eigenvalue weighted by Gasteiger charge is 2.26. The summed E-state index contributed by atoms with van der Waals surface area (Å²) in [5.74, 6) is -0.343. The number of benzene rings is 2. The molecule has 5 nitrogen and oxygen atoms in total. The van der Waals surface area contributed by atoms with Gasteiger partial charge < -0.3 is 14.5 Å². The van der Waals surface area contributed by atoms with E-state index in [0.717, 1.165) is 0 Å². The van der Waals surface area contributed by atoms with E-state index in [0.29, 0.717) is 37.5 Å². The summed E-state index contributed by atoms with van der Waals surface area (Å²) in [6.45, 7) is 1.58. The lowest BCUT2D eigenvalue weighted by atomic mass is 10.1. The molecule has 2 aromatic rings. The lowest BCUT2D eigenvalue weighted by Crippen LogP contribution is -2.50. The van der Waals surface area contributed by atoms with Gasteiger partial charge in [-0.2, -0.15) is 0 Å². The molecular weight excluding hydrogens is 323 g/mol. The van der Waals surface area contributed by atoms with Crippen LogP contribution in [0.1, 0.15) is 20.7 Å². The van der Waals surface area contributed by atoms with Gasteiger partial charge in [0.1, 0.15) is 11.6 Å². The lowest BCUT2D eigenvalue weighted by Gasteiger charge is -2.35. The maximum Gasteiger partial charge on any atom is 0.256 e. The van der Waals surface area contributed by atoms with Gasteiger partial charge >= 0.3 is 0 Å². The number of methoxy groups -OCH3 is 1. The van der Waals surface area contributed by atoms with Crippen molar-refractivity contribution in [2.75, 3.05) is 33.3 Å². The van der Waals surface area contributed by atoms with Crippen molar-refractivity contribution in [3.05, 3.63) is 65.5 Å². The highest BCUT2D eigenvalue weighted by molar-refractivity contribution is 5.96. The average molecular weight is 342 g/mol. The zero-order valence-electron chi connectivity index (χ0n) is 13.9. The number of nitrogens with zero attached hydrogens (tertiary/aromatic N) is 2. The standard InChI is InChI=1S/C19H19FN2O3/c1-25-15-6-4-5-14(13-15)18(23)21-9-11-22(12-10-21)19(24)16-7-2-3-8-17(16)20/h2-8,13H,9-12H2,1H3. The Hall–Kier alpha value is -2.89. The third-order valence-electron chi connectivity index (χ3n) is 4.28. The van der Waals surface area contributed by atoms with E-state index in [-0.39, 0.29) is 17.4 Å². The average Bonchev–Trinajstić information content (AvgIpc) is 2.67. The Balaban J connectivity index is 1.64. The van der Waals surface area contributed by atoms with Gasteiger partial charge in [-0.3, -0.25) is 9.59 Å². The zero-order valence-corrected chi connectivity index (χ0v) is 13.9. The zero-order chi connectivity index (χ0) is 17.8. The minimum absolute atomic E-state index is 0.0649. The number of rotatable bonds is 3. The van der Waals surface area contributed by atoms with E-state index in [2.05, 4.69) is 0 Å². The Kier molecular flexibility index (Phi) is 4.97. The van der Waals surface area contributed by atoms with E-state index >= 15 is 0 Å². The van der Waals surface area contributed by atoms with Crippen molar-refractivity contribution >= 4 is 11.8 Å². The van der Waals surface area contributed by atoms with Gasteiger partial charge in [0.15, 0.2) is 0 Å².